The van der Waals surface area contributed by atoms with E-state index < -0.39 is 5.97 Å². The van der Waals surface area contributed by atoms with Gasteiger partial charge >= 0.3 is 5.97 Å². The number of aliphatic carboxylic acids is 1. The first-order chi connectivity index (χ1) is 5.65. The molecule has 12 heavy (non-hydrogen) atoms. The highest BCUT2D eigenvalue weighted by Gasteiger charge is 2.41. The van der Waals surface area contributed by atoms with Gasteiger partial charge in [-0.2, -0.15) is 0 Å². The van der Waals surface area contributed by atoms with Crippen molar-refractivity contribution in [1.82, 2.24) is 4.90 Å². The molecule has 3 heteroatoms. The summed E-state index contributed by atoms with van der Waals surface area (Å²) in [5.74, 6) is 0.277. The van der Waals surface area contributed by atoms with Gasteiger partial charge in [-0.1, -0.05) is 13.8 Å². The van der Waals surface area contributed by atoms with Crippen LogP contribution in [-0.2, 0) is 4.79 Å². The van der Waals surface area contributed by atoms with Crippen LogP contribution in [0.5, 0.6) is 0 Å². The molecule has 0 aromatic heterocycles. The molecule has 0 aromatic carbocycles. The zero-order valence-corrected chi connectivity index (χ0v) is 7.79. The molecule has 2 atom stereocenters. The van der Waals surface area contributed by atoms with Gasteiger partial charge in [0.05, 0.1) is 0 Å². The molecule has 3 nitrogen and oxygen atoms in total. The molecule has 0 aliphatic carbocycles. The van der Waals surface area contributed by atoms with E-state index in [1.54, 1.807) is 6.92 Å². The monoisotopic (exact) mass is 171 g/mol. The van der Waals surface area contributed by atoms with Gasteiger partial charge in [-0.05, 0) is 18.9 Å². The largest absolute Gasteiger partial charge is 0.481 e. The van der Waals surface area contributed by atoms with Crippen molar-refractivity contribution < 1.29 is 9.90 Å². The third kappa shape index (κ3) is 1.97. The van der Waals surface area contributed by atoms with E-state index in [-0.39, 0.29) is 6.42 Å². The third-order valence-electron chi connectivity index (χ3n) is 2.66. The molecule has 0 saturated carbocycles. The van der Waals surface area contributed by atoms with E-state index in [4.69, 9.17) is 5.11 Å². The lowest BCUT2D eigenvalue weighted by Crippen LogP contribution is -2.63. The van der Waals surface area contributed by atoms with Crippen LogP contribution in [0.4, 0.5) is 0 Å². The molecule has 0 aromatic rings. The Bertz CT molecular complexity index is 166. The Labute approximate surface area is 73.4 Å². The van der Waals surface area contributed by atoms with Gasteiger partial charge in [0.15, 0.2) is 0 Å². The lowest BCUT2D eigenvalue weighted by molar-refractivity contribution is -0.136. The van der Waals surface area contributed by atoms with Crippen LogP contribution in [0.15, 0.2) is 0 Å². The minimum Gasteiger partial charge on any atom is -0.481 e. The van der Waals surface area contributed by atoms with E-state index in [9.17, 15) is 4.79 Å². The Balaban J connectivity index is 0.000000130. The molecule has 2 aliphatic rings. The number of hydrogen-bond acceptors (Lipinski definition) is 2. The van der Waals surface area contributed by atoms with Gasteiger partial charge in [-0.3, -0.25) is 9.69 Å². The second-order valence-corrected chi connectivity index (χ2v) is 3.58. The smallest absolute Gasteiger partial charge is 0.303 e. The molecule has 2 heterocycles. The Morgan fingerprint density at radius 2 is 2.25 bits per heavy atom. The molecule has 1 N–H and O–H groups in total. The van der Waals surface area contributed by atoms with Crippen molar-refractivity contribution in [3.63, 3.8) is 0 Å². The van der Waals surface area contributed by atoms with Crippen LogP contribution in [0.25, 0.3) is 0 Å². The molecular weight excluding hydrogens is 154 g/mol. The van der Waals surface area contributed by atoms with E-state index >= 15 is 0 Å². The fourth-order valence-electron chi connectivity index (χ4n) is 1.69. The van der Waals surface area contributed by atoms with Gasteiger partial charge in [-0.25, -0.2) is 0 Å². The molecule has 2 rings (SSSR count). The second kappa shape index (κ2) is 3.90. The van der Waals surface area contributed by atoms with Crippen molar-refractivity contribution in [3.8, 4) is 0 Å². The minimum absolute atomic E-state index is 0.222. The predicted molar refractivity (Wildman–Crippen MR) is 47.1 cm³/mol. The van der Waals surface area contributed by atoms with Gasteiger partial charge < -0.3 is 5.11 Å². The summed E-state index contributed by atoms with van der Waals surface area (Å²) in [6.45, 7) is 6.71. The summed E-state index contributed by atoms with van der Waals surface area (Å²) in [6.07, 6.45) is 1.70. The van der Waals surface area contributed by atoms with Gasteiger partial charge in [0, 0.05) is 19.0 Å². The van der Waals surface area contributed by atoms with E-state index in [1.165, 1.54) is 19.5 Å². The topological polar surface area (TPSA) is 40.5 Å². The number of nitrogens with zero attached hydrogens (tertiary/aromatic N) is 1. The molecule has 0 bridgehead atoms. The highest BCUT2D eigenvalue weighted by atomic mass is 16.4. The maximum Gasteiger partial charge on any atom is 0.303 e. The summed E-state index contributed by atoms with van der Waals surface area (Å²) >= 11 is 0. The first kappa shape index (κ1) is 9.52. The highest BCUT2D eigenvalue weighted by molar-refractivity contribution is 5.66. The van der Waals surface area contributed by atoms with Crippen molar-refractivity contribution >= 4 is 5.97 Å². The number of fused-ring (bicyclic) bond motifs is 1. The summed E-state index contributed by atoms with van der Waals surface area (Å²) in [7, 11) is 0. The van der Waals surface area contributed by atoms with Crippen LogP contribution in [0.1, 0.15) is 26.7 Å². The molecular formula is C9H17NO2. The zero-order chi connectivity index (χ0) is 9.14. The van der Waals surface area contributed by atoms with Crippen LogP contribution in [0, 0.1) is 5.92 Å². The summed E-state index contributed by atoms with van der Waals surface area (Å²) in [4.78, 5) is 11.9. The van der Waals surface area contributed by atoms with E-state index in [1.807, 2.05) is 0 Å². The van der Waals surface area contributed by atoms with Crippen LogP contribution in [0.3, 0.4) is 0 Å². The molecule has 0 radical (unpaired) electrons. The average Bonchev–Trinajstić information content (AvgIpc) is 2.00. The van der Waals surface area contributed by atoms with Crippen LogP contribution < -0.4 is 0 Å². The maximum absolute atomic E-state index is 9.37. The second-order valence-electron chi connectivity index (χ2n) is 3.58. The van der Waals surface area contributed by atoms with E-state index in [0.717, 1.165) is 12.0 Å². The first-order valence-electron chi connectivity index (χ1n) is 4.61. The van der Waals surface area contributed by atoms with E-state index in [0.29, 0.717) is 0 Å². The van der Waals surface area contributed by atoms with Crippen LogP contribution in [0.2, 0.25) is 0 Å². The van der Waals surface area contributed by atoms with Crippen molar-refractivity contribution in [3.05, 3.63) is 0 Å². The first-order valence-corrected chi connectivity index (χ1v) is 4.61. The Hall–Kier alpha value is -0.570. The molecule has 2 unspecified atom stereocenters. The normalized spacial score (nSPS) is 31.8. The minimum atomic E-state index is -0.745. The Morgan fingerprint density at radius 1 is 1.67 bits per heavy atom. The summed E-state index contributed by atoms with van der Waals surface area (Å²) < 4.78 is 0. The maximum atomic E-state index is 9.37. The van der Waals surface area contributed by atoms with Crippen molar-refractivity contribution in [2.45, 2.75) is 32.7 Å². The number of piperidine rings is 1. The number of carbonyl (C=O) groups is 1. The SMILES string of the molecule is CC1CN2CCC12.CCC(=O)O. The Morgan fingerprint density at radius 3 is 2.25 bits per heavy atom. The number of carboxylic acid groups (broad SMARTS) is 1. The molecule has 2 fully saturated rings. The Kier molecular flexibility index (Phi) is 3.09. The lowest BCUT2D eigenvalue weighted by atomic mass is 9.81. The molecule has 70 valence electrons. The average molecular weight is 171 g/mol. The number of carboxylic acids is 1. The van der Waals surface area contributed by atoms with Crippen LogP contribution >= 0.6 is 0 Å². The molecule has 2 aliphatic heterocycles. The molecule has 0 spiro atoms. The lowest BCUT2D eigenvalue weighted by Gasteiger charge is -2.55. The number of rotatable bonds is 1. The molecule has 2 saturated heterocycles. The van der Waals surface area contributed by atoms with Gasteiger partial charge in [0.25, 0.3) is 0 Å². The highest BCUT2D eigenvalue weighted by Crippen LogP contribution is 2.34. The predicted octanol–water partition coefficient (Wildman–Crippen LogP) is 1.19. The fourth-order valence-corrected chi connectivity index (χ4v) is 1.69. The van der Waals surface area contributed by atoms with E-state index in [2.05, 4.69) is 11.8 Å². The summed E-state index contributed by atoms with van der Waals surface area (Å²) in [5.41, 5.74) is 0. The van der Waals surface area contributed by atoms with Crippen molar-refractivity contribution in [2.75, 3.05) is 13.1 Å². The number of hydrogen-bond donors (Lipinski definition) is 1. The summed E-state index contributed by atoms with van der Waals surface area (Å²) in [5, 5.41) is 7.72. The van der Waals surface area contributed by atoms with Gasteiger partial charge in [0.1, 0.15) is 0 Å². The third-order valence-corrected chi connectivity index (χ3v) is 2.66. The fraction of sp³-hybridized carbons (Fsp3) is 0.889. The van der Waals surface area contributed by atoms with Crippen molar-refractivity contribution in [2.24, 2.45) is 5.92 Å². The quantitative estimate of drug-likeness (QED) is 0.644. The summed E-state index contributed by atoms with van der Waals surface area (Å²) in [6, 6.07) is 1.01. The zero-order valence-electron chi connectivity index (χ0n) is 7.79. The standard InChI is InChI=1S/C6H11N.C3H6O2/c1-5-4-7-3-2-6(5)7;1-2-3(4)5/h5-6H,2-4H2,1H3;2H2,1H3,(H,4,5). The van der Waals surface area contributed by atoms with Crippen LogP contribution in [-0.4, -0.2) is 35.1 Å². The van der Waals surface area contributed by atoms with Gasteiger partial charge in [0.2, 0.25) is 0 Å². The van der Waals surface area contributed by atoms with Crippen molar-refractivity contribution in [1.29, 1.82) is 0 Å². The molecule has 0 amide bonds. The van der Waals surface area contributed by atoms with Gasteiger partial charge in [-0.15, -0.1) is 0 Å².